The number of carbonyl (C=O) groups excluding carboxylic acids is 1. The Kier molecular flexibility index (Phi) is 6.57. The van der Waals surface area contributed by atoms with Crippen LogP contribution in [0.5, 0.6) is 0 Å². The summed E-state index contributed by atoms with van der Waals surface area (Å²) in [6.45, 7) is 4.48. The van der Waals surface area contributed by atoms with Gasteiger partial charge in [-0.05, 0) is 25.1 Å². The van der Waals surface area contributed by atoms with E-state index in [1.165, 1.54) is 10.8 Å². The molecule has 33 heavy (non-hydrogen) atoms. The lowest BCUT2D eigenvalue weighted by Crippen LogP contribution is -2.48. The fourth-order valence-electron chi connectivity index (χ4n) is 3.94. The van der Waals surface area contributed by atoms with Gasteiger partial charge in [-0.2, -0.15) is 0 Å². The van der Waals surface area contributed by atoms with Gasteiger partial charge in [0.2, 0.25) is 5.43 Å². The topological polar surface area (TPSA) is 95.7 Å². The van der Waals surface area contributed by atoms with Crippen molar-refractivity contribution in [1.29, 1.82) is 0 Å². The Balaban J connectivity index is 1.53. The van der Waals surface area contributed by atoms with Crippen molar-refractivity contribution < 1.29 is 19.1 Å². The highest BCUT2D eigenvalue weighted by Gasteiger charge is 2.24. The van der Waals surface area contributed by atoms with E-state index in [2.05, 4.69) is 20.9 Å². The third-order valence-corrected chi connectivity index (χ3v) is 6.29. The minimum Gasteiger partial charge on any atom is -0.477 e. The summed E-state index contributed by atoms with van der Waals surface area (Å²) in [7, 11) is 0. The van der Waals surface area contributed by atoms with Crippen molar-refractivity contribution in [1.82, 2.24) is 14.5 Å². The zero-order valence-corrected chi connectivity index (χ0v) is 19.5. The summed E-state index contributed by atoms with van der Waals surface area (Å²) in [5, 5.41) is 9.22. The van der Waals surface area contributed by atoms with E-state index >= 15 is 0 Å². The summed E-state index contributed by atoms with van der Waals surface area (Å²) in [4.78, 5) is 44.6. The molecule has 10 heteroatoms. The molecule has 1 fully saturated rings. The molecule has 1 aromatic carbocycles. The van der Waals surface area contributed by atoms with Crippen molar-refractivity contribution in [2.24, 2.45) is 0 Å². The molecule has 3 heterocycles. The average Bonchev–Trinajstić information content (AvgIpc) is 2.80. The molecule has 1 saturated heterocycles. The number of benzene rings is 1. The van der Waals surface area contributed by atoms with Gasteiger partial charge in [0.05, 0.1) is 11.9 Å². The third-order valence-electron chi connectivity index (χ3n) is 5.76. The van der Waals surface area contributed by atoms with Crippen molar-refractivity contribution in [3.63, 3.8) is 0 Å². The number of carboxylic acid groups (broad SMARTS) is 1. The van der Waals surface area contributed by atoms with Crippen LogP contribution in [-0.4, -0.2) is 64.0 Å². The van der Waals surface area contributed by atoms with Gasteiger partial charge in [0.1, 0.15) is 11.2 Å². The quantitative estimate of drug-likeness (QED) is 0.503. The van der Waals surface area contributed by atoms with Crippen LogP contribution in [0.3, 0.4) is 0 Å². The molecule has 3 aromatic rings. The minimum absolute atomic E-state index is 0.0205. The molecule has 0 saturated carbocycles. The van der Waals surface area contributed by atoms with Gasteiger partial charge < -0.3 is 14.6 Å². The Morgan fingerprint density at radius 3 is 2.42 bits per heavy atom. The molecule has 0 radical (unpaired) electrons. The van der Waals surface area contributed by atoms with Crippen molar-refractivity contribution in [2.75, 3.05) is 37.6 Å². The number of anilines is 1. The number of hydrogen-bond acceptors (Lipinski definition) is 6. The number of aromatic carboxylic acids is 1. The maximum atomic E-state index is 14.9. The number of carbonyl (C=O) groups is 2. The summed E-state index contributed by atoms with van der Waals surface area (Å²) < 4.78 is 17.4. The second-order valence-corrected chi connectivity index (χ2v) is 8.74. The van der Waals surface area contributed by atoms with Crippen LogP contribution in [0.4, 0.5) is 10.2 Å². The standard InChI is InChI=1S/C23H22BrFN4O4/c1-2-28-12-17(23(32)33)20(31)16-11-18(25)22(26-21(16)28)29-9-7-27(8-10-29)13-19(30)14-3-5-15(24)6-4-14/h3-6,11-12H,2,7-10,13H2,1H3,(H,32,33). The molecule has 0 aliphatic carbocycles. The van der Waals surface area contributed by atoms with Crippen LogP contribution in [0.1, 0.15) is 27.6 Å². The highest BCUT2D eigenvalue weighted by molar-refractivity contribution is 9.10. The van der Waals surface area contributed by atoms with Crippen LogP contribution in [0.25, 0.3) is 11.0 Å². The lowest BCUT2D eigenvalue weighted by Gasteiger charge is -2.35. The predicted molar refractivity (Wildman–Crippen MR) is 126 cm³/mol. The normalized spacial score (nSPS) is 14.6. The van der Waals surface area contributed by atoms with Gasteiger partial charge in [-0.25, -0.2) is 14.2 Å². The Morgan fingerprint density at radius 1 is 1.15 bits per heavy atom. The number of Topliss-reactive ketones (excluding diaryl/α,β-unsaturated/α-hetero) is 1. The van der Waals surface area contributed by atoms with Crippen LogP contribution in [0.15, 0.2) is 45.8 Å². The number of rotatable bonds is 6. The molecule has 0 unspecified atom stereocenters. The molecule has 4 rings (SSSR count). The number of carboxylic acids is 1. The number of aromatic nitrogens is 2. The predicted octanol–water partition coefficient (Wildman–Crippen LogP) is 3.02. The summed E-state index contributed by atoms with van der Waals surface area (Å²) in [5.41, 5.74) is -0.281. The number of piperazine rings is 1. The van der Waals surface area contributed by atoms with Crippen LogP contribution in [0.2, 0.25) is 0 Å². The van der Waals surface area contributed by atoms with E-state index in [1.54, 1.807) is 24.0 Å². The molecule has 1 N–H and O–H groups in total. The lowest BCUT2D eigenvalue weighted by molar-refractivity contribution is 0.0694. The van der Waals surface area contributed by atoms with Crippen LogP contribution in [0, 0.1) is 5.82 Å². The van der Waals surface area contributed by atoms with Gasteiger partial charge in [0, 0.05) is 49.0 Å². The Morgan fingerprint density at radius 2 is 1.82 bits per heavy atom. The molecule has 0 spiro atoms. The Bertz CT molecular complexity index is 1280. The fourth-order valence-corrected chi connectivity index (χ4v) is 4.20. The maximum absolute atomic E-state index is 14.9. The van der Waals surface area contributed by atoms with Gasteiger partial charge in [-0.3, -0.25) is 14.5 Å². The van der Waals surface area contributed by atoms with Gasteiger partial charge >= 0.3 is 5.97 Å². The van der Waals surface area contributed by atoms with E-state index in [1.807, 2.05) is 17.0 Å². The lowest BCUT2D eigenvalue weighted by atomic mass is 10.1. The first-order valence-corrected chi connectivity index (χ1v) is 11.3. The van der Waals surface area contributed by atoms with Crippen molar-refractivity contribution >= 4 is 44.5 Å². The molecule has 0 amide bonds. The minimum atomic E-state index is -1.36. The number of pyridine rings is 2. The number of hydrogen-bond donors (Lipinski definition) is 1. The second kappa shape index (κ2) is 9.40. The molecule has 172 valence electrons. The number of nitrogens with zero attached hydrogens (tertiary/aromatic N) is 4. The smallest absolute Gasteiger partial charge is 0.341 e. The van der Waals surface area contributed by atoms with Gasteiger partial charge in [-0.1, -0.05) is 28.1 Å². The molecule has 0 bridgehead atoms. The van der Waals surface area contributed by atoms with E-state index in [-0.39, 0.29) is 29.2 Å². The van der Waals surface area contributed by atoms with E-state index in [0.717, 1.165) is 10.5 Å². The molecule has 1 aliphatic rings. The SMILES string of the molecule is CCn1cc(C(=O)O)c(=O)c2cc(F)c(N3CCN(CC(=O)c4ccc(Br)cc4)CC3)nc21. The monoisotopic (exact) mass is 516 g/mol. The molecular formula is C23H22BrFN4O4. The molecule has 2 aromatic heterocycles. The zero-order chi connectivity index (χ0) is 23.7. The molecule has 8 nitrogen and oxygen atoms in total. The Hall–Kier alpha value is -3.11. The Labute approximate surface area is 197 Å². The first kappa shape index (κ1) is 23.1. The van der Waals surface area contributed by atoms with Gasteiger partial charge in [0.15, 0.2) is 17.4 Å². The van der Waals surface area contributed by atoms with E-state index in [9.17, 15) is 23.9 Å². The molecule has 0 atom stereocenters. The molecular weight excluding hydrogens is 495 g/mol. The van der Waals surface area contributed by atoms with E-state index < -0.39 is 22.8 Å². The van der Waals surface area contributed by atoms with Crippen LogP contribution in [-0.2, 0) is 6.54 Å². The van der Waals surface area contributed by atoms with Crippen molar-refractivity contribution in [2.45, 2.75) is 13.5 Å². The summed E-state index contributed by atoms with van der Waals surface area (Å²) >= 11 is 3.36. The highest BCUT2D eigenvalue weighted by atomic mass is 79.9. The number of fused-ring (bicyclic) bond motifs is 1. The van der Waals surface area contributed by atoms with E-state index in [0.29, 0.717) is 38.3 Å². The highest BCUT2D eigenvalue weighted by Crippen LogP contribution is 2.23. The first-order valence-electron chi connectivity index (χ1n) is 10.5. The molecule has 1 aliphatic heterocycles. The third kappa shape index (κ3) is 4.67. The van der Waals surface area contributed by atoms with E-state index in [4.69, 9.17) is 0 Å². The van der Waals surface area contributed by atoms with Crippen LogP contribution >= 0.6 is 15.9 Å². The largest absolute Gasteiger partial charge is 0.477 e. The van der Waals surface area contributed by atoms with Crippen molar-refractivity contribution in [3.05, 3.63) is 68.2 Å². The number of halogens is 2. The second-order valence-electron chi connectivity index (χ2n) is 7.82. The summed E-state index contributed by atoms with van der Waals surface area (Å²) in [6.07, 6.45) is 1.24. The van der Waals surface area contributed by atoms with Crippen molar-refractivity contribution in [3.8, 4) is 0 Å². The first-order chi connectivity index (χ1) is 15.8. The number of aryl methyl sites for hydroxylation is 1. The zero-order valence-electron chi connectivity index (χ0n) is 17.9. The summed E-state index contributed by atoms with van der Waals surface area (Å²) in [6, 6.07) is 8.28. The maximum Gasteiger partial charge on any atom is 0.341 e. The van der Waals surface area contributed by atoms with Crippen LogP contribution < -0.4 is 10.3 Å². The van der Waals surface area contributed by atoms with Gasteiger partial charge in [0.25, 0.3) is 0 Å². The average molecular weight is 517 g/mol. The fraction of sp³-hybridized carbons (Fsp3) is 0.304. The summed E-state index contributed by atoms with van der Waals surface area (Å²) in [5.74, 6) is -1.90. The number of ketones is 1. The van der Waals surface area contributed by atoms with Gasteiger partial charge in [-0.15, -0.1) is 0 Å².